The highest BCUT2D eigenvalue weighted by Gasteiger charge is 2.47. The van der Waals surface area contributed by atoms with E-state index in [4.69, 9.17) is 4.98 Å². The summed E-state index contributed by atoms with van der Waals surface area (Å²) in [7, 11) is 0. The molecule has 3 aliphatic heterocycles. The zero-order chi connectivity index (χ0) is 24.2. The van der Waals surface area contributed by atoms with Gasteiger partial charge in [0.25, 0.3) is 0 Å². The molecule has 2 aromatic carbocycles. The predicted molar refractivity (Wildman–Crippen MR) is 145 cm³/mol. The van der Waals surface area contributed by atoms with Crippen molar-refractivity contribution in [3.63, 3.8) is 0 Å². The van der Waals surface area contributed by atoms with Gasteiger partial charge in [-0.2, -0.15) is 0 Å². The molecule has 8 heteroatoms. The van der Waals surface area contributed by atoms with Gasteiger partial charge in [0.2, 0.25) is 11.9 Å². The lowest BCUT2D eigenvalue weighted by molar-refractivity contribution is -0.113. The van der Waals surface area contributed by atoms with Crippen molar-refractivity contribution in [3.8, 4) is 11.3 Å². The first-order valence-corrected chi connectivity index (χ1v) is 13.9. The Labute approximate surface area is 215 Å². The fourth-order valence-corrected chi connectivity index (χ4v) is 7.43. The lowest BCUT2D eigenvalue weighted by atomic mass is 9.96. The summed E-state index contributed by atoms with van der Waals surface area (Å²) in [4.78, 5) is 27.3. The molecule has 3 atom stereocenters. The highest BCUT2D eigenvalue weighted by molar-refractivity contribution is 8.00. The molecule has 1 aromatic heterocycles. The smallest absolute Gasteiger partial charge is 0.234 e. The Kier molecular flexibility index (Phi) is 5.40. The van der Waals surface area contributed by atoms with Crippen LogP contribution >= 0.6 is 11.8 Å². The van der Waals surface area contributed by atoms with Crippen molar-refractivity contribution in [3.05, 3.63) is 54.2 Å². The molecule has 1 aliphatic carbocycles. The third kappa shape index (κ3) is 3.92. The number of hydrogen-bond acceptors (Lipinski definition) is 7. The van der Waals surface area contributed by atoms with Crippen LogP contribution in [0.4, 0.5) is 23.0 Å². The monoisotopic (exact) mass is 498 g/mol. The van der Waals surface area contributed by atoms with E-state index in [0.717, 1.165) is 58.6 Å². The number of piperazine rings is 1. The van der Waals surface area contributed by atoms with Crippen molar-refractivity contribution in [2.75, 3.05) is 40.9 Å². The quantitative estimate of drug-likeness (QED) is 0.529. The Morgan fingerprint density at radius 2 is 2.06 bits per heavy atom. The molecular formula is C28H30N6OS. The number of aromatic nitrogens is 2. The molecule has 7 rings (SSSR count). The third-order valence-electron chi connectivity index (χ3n) is 8.28. The molecule has 2 N–H and O–H groups in total. The minimum atomic E-state index is 0.0443. The minimum Gasteiger partial charge on any atom is -0.368 e. The van der Waals surface area contributed by atoms with Crippen LogP contribution in [-0.4, -0.2) is 58.2 Å². The molecule has 1 amide bonds. The number of hydrogen-bond donors (Lipinski definition) is 2. The number of benzene rings is 2. The molecule has 36 heavy (non-hydrogen) atoms. The number of anilines is 4. The second-order valence-electron chi connectivity index (χ2n) is 10.4. The SMILES string of the molecule is Cc1cc(Nc2nccc(-c3ccc4c(c3)SCC(=O)N4)n2)ccc1N1CCN2C(C1)[C@H]1CC[C@@H]2C1. The minimum absolute atomic E-state index is 0.0443. The highest BCUT2D eigenvalue weighted by Crippen LogP contribution is 2.44. The average Bonchev–Trinajstić information content (AvgIpc) is 3.51. The molecule has 3 aromatic rings. The van der Waals surface area contributed by atoms with E-state index in [0.29, 0.717) is 11.7 Å². The second-order valence-corrected chi connectivity index (χ2v) is 11.4. The zero-order valence-corrected chi connectivity index (χ0v) is 21.2. The first-order chi connectivity index (χ1) is 17.6. The first-order valence-electron chi connectivity index (χ1n) is 12.9. The van der Waals surface area contributed by atoms with Crippen LogP contribution in [0, 0.1) is 12.8 Å². The summed E-state index contributed by atoms with van der Waals surface area (Å²) in [5, 5.41) is 6.32. The van der Waals surface area contributed by atoms with Crippen molar-refractivity contribution in [1.82, 2.24) is 14.9 Å². The van der Waals surface area contributed by atoms with Crippen LogP contribution in [0.15, 0.2) is 53.6 Å². The molecule has 0 radical (unpaired) electrons. The number of rotatable bonds is 4. The maximum Gasteiger partial charge on any atom is 0.234 e. The number of amides is 1. The van der Waals surface area contributed by atoms with Crippen LogP contribution < -0.4 is 15.5 Å². The fourth-order valence-electron chi connectivity index (χ4n) is 6.59. The van der Waals surface area contributed by atoms with Crippen LogP contribution in [0.25, 0.3) is 11.3 Å². The predicted octanol–water partition coefficient (Wildman–Crippen LogP) is 4.91. The number of aryl methyl sites for hydroxylation is 1. The van der Waals surface area contributed by atoms with E-state index < -0.39 is 0 Å². The van der Waals surface area contributed by atoms with Gasteiger partial charge in [-0.15, -0.1) is 11.8 Å². The lowest BCUT2D eigenvalue weighted by Gasteiger charge is -2.45. The number of fused-ring (bicyclic) bond motifs is 6. The first kappa shape index (κ1) is 22.1. The number of nitrogens with zero attached hydrogens (tertiary/aromatic N) is 4. The van der Waals surface area contributed by atoms with Crippen molar-refractivity contribution in [1.29, 1.82) is 0 Å². The summed E-state index contributed by atoms with van der Waals surface area (Å²) < 4.78 is 0. The Bertz CT molecular complexity index is 1350. The number of thioether (sulfide) groups is 1. The number of piperidine rings is 1. The van der Waals surface area contributed by atoms with Crippen molar-refractivity contribution in [2.24, 2.45) is 5.92 Å². The number of nitrogens with one attached hydrogen (secondary N) is 2. The summed E-state index contributed by atoms with van der Waals surface area (Å²) in [6.45, 7) is 5.66. The molecule has 4 aliphatic rings. The molecular weight excluding hydrogens is 468 g/mol. The van der Waals surface area contributed by atoms with Gasteiger partial charge in [-0.1, -0.05) is 6.07 Å². The zero-order valence-electron chi connectivity index (χ0n) is 20.4. The Hall–Kier alpha value is -3.10. The molecule has 3 fully saturated rings. The normalized spacial score (nSPS) is 24.9. The summed E-state index contributed by atoms with van der Waals surface area (Å²) >= 11 is 1.56. The highest BCUT2D eigenvalue weighted by atomic mass is 32.2. The van der Waals surface area contributed by atoms with E-state index in [1.807, 2.05) is 18.2 Å². The van der Waals surface area contributed by atoms with E-state index in [1.165, 1.54) is 37.1 Å². The maximum absolute atomic E-state index is 11.6. The van der Waals surface area contributed by atoms with Crippen LogP contribution in [0.3, 0.4) is 0 Å². The van der Waals surface area contributed by atoms with Crippen LogP contribution in [0.2, 0.25) is 0 Å². The van der Waals surface area contributed by atoms with E-state index in [2.05, 4.69) is 56.6 Å². The molecule has 2 bridgehead atoms. The van der Waals surface area contributed by atoms with Gasteiger partial charge in [0.05, 0.1) is 17.1 Å². The summed E-state index contributed by atoms with van der Waals surface area (Å²) in [5.41, 5.74) is 6.34. The van der Waals surface area contributed by atoms with Gasteiger partial charge >= 0.3 is 0 Å². The molecule has 2 saturated heterocycles. The van der Waals surface area contributed by atoms with Crippen molar-refractivity contribution >= 4 is 40.7 Å². The molecule has 0 spiro atoms. The maximum atomic E-state index is 11.6. The number of carbonyl (C=O) groups is 1. The van der Waals surface area contributed by atoms with Crippen LogP contribution in [0.1, 0.15) is 24.8 Å². The van der Waals surface area contributed by atoms with Crippen molar-refractivity contribution < 1.29 is 4.79 Å². The third-order valence-corrected chi connectivity index (χ3v) is 9.33. The van der Waals surface area contributed by atoms with Crippen LogP contribution in [-0.2, 0) is 4.79 Å². The molecule has 4 heterocycles. The Balaban J connectivity index is 1.07. The fraction of sp³-hybridized carbons (Fsp3) is 0.393. The largest absolute Gasteiger partial charge is 0.368 e. The summed E-state index contributed by atoms with van der Waals surface area (Å²) in [6.07, 6.45) is 6.03. The van der Waals surface area contributed by atoms with E-state index >= 15 is 0 Å². The van der Waals surface area contributed by atoms with Gasteiger partial charge in [0.1, 0.15) is 0 Å². The Morgan fingerprint density at radius 1 is 1.11 bits per heavy atom. The van der Waals surface area contributed by atoms with Crippen LogP contribution in [0.5, 0.6) is 0 Å². The second kappa shape index (κ2) is 8.78. The van der Waals surface area contributed by atoms with Gasteiger partial charge in [-0.3, -0.25) is 9.69 Å². The number of carbonyl (C=O) groups excluding carboxylic acids is 1. The van der Waals surface area contributed by atoms with Gasteiger partial charge in [-0.05, 0) is 74.1 Å². The van der Waals surface area contributed by atoms with Gasteiger partial charge in [-0.25, -0.2) is 9.97 Å². The van der Waals surface area contributed by atoms with E-state index in [9.17, 15) is 4.79 Å². The average molecular weight is 499 g/mol. The molecule has 1 unspecified atom stereocenters. The summed E-state index contributed by atoms with van der Waals surface area (Å²) in [6, 6.07) is 16.1. The summed E-state index contributed by atoms with van der Waals surface area (Å²) in [5.74, 6) is 1.97. The van der Waals surface area contributed by atoms with Gasteiger partial charge in [0.15, 0.2) is 0 Å². The molecule has 1 saturated carbocycles. The lowest BCUT2D eigenvalue weighted by Crippen LogP contribution is -2.55. The standard InChI is InChI=1S/C28H30N6OS/c1-17-12-20(4-7-24(17)33-10-11-34-21-5-2-19(13-21)25(34)15-33)30-28-29-9-8-22(32-28)18-3-6-23-26(14-18)36-16-27(35)31-23/h3-4,6-9,12,14,19,21,25H,2,5,10-11,13,15-16H2,1H3,(H,31,35)(H,29,30,32)/t19-,21+,25?/m0/s1. The van der Waals surface area contributed by atoms with E-state index in [1.54, 1.807) is 18.0 Å². The molecule has 184 valence electrons. The molecule has 7 nitrogen and oxygen atoms in total. The van der Waals surface area contributed by atoms with Gasteiger partial charge < -0.3 is 15.5 Å². The topological polar surface area (TPSA) is 73.4 Å². The van der Waals surface area contributed by atoms with E-state index in [-0.39, 0.29) is 5.91 Å². The van der Waals surface area contributed by atoms with Crippen molar-refractivity contribution in [2.45, 2.75) is 43.2 Å². The van der Waals surface area contributed by atoms with Gasteiger partial charge in [0, 0.05) is 59.7 Å². The Morgan fingerprint density at radius 3 is 2.97 bits per heavy atom.